The van der Waals surface area contributed by atoms with Crippen molar-refractivity contribution in [2.75, 3.05) is 19.8 Å². The minimum absolute atomic E-state index is 0.00670. The number of nitro benzene ring substituents is 1. The third-order valence-electron chi connectivity index (χ3n) is 3.43. The molecule has 0 bridgehead atoms. The Morgan fingerprint density at radius 2 is 2.38 bits per heavy atom. The number of benzene rings is 1. The number of nitrogens with one attached hydrogen (secondary N) is 1. The fourth-order valence-corrected chi connectivity index (χ4v) is 2.30. The molecule has 21 heavy (non-hydrogen) atoms. The van der Waals surface area contributed by atoms with E-state index in [9.17, 15) is 10.1 Å². The SMILES string of the molecule is CCCNCc1ccc([N+](=O)[O-])c(OCC2CCCO2)c1. The van der Waals surface area contributed by atoms with Gasteiger partial charge in [-0.05, 0) is 37.4 Å². The van der Waals surface area contributed by atoms with Crippen LogP contribution in [0.3, 0.4) is 0 Å². The van der Waals surface area contributed by atoms with E-state index < -0.39 is 4.92 Å². The highest BCUT2D eigenvalue weighted by molar-refractivity contribution is 5.48. The molecule has 1 aliphatic heterocycles. The van der Waals surface area contributed by atoms with Gasteiger partial charge < -0.3 is 14.8 Å². The van der Waals surface area contributed by atoms with Crippen LogP contribution in [0.15, 0.2) is 18.2 Å². The smallest absolute Gasteiger partial charge is 0.310 e. The van der Waals surface area contributed by atoms with Crippen LogP contribution in [0.1, 0.15) is 31.7 Å². The van der Waals surface area contributed by atoms with Crippen molar-refractivity contribution in [2.45, 2.75) is 38.8 Å². The molecule has 0 amide bonds. The van der Waals surface area contributed by atoms with Crippen LogP contribution < -0.4 is 10.1 Å². The van der Waals surface area contributed by atoms with Gasteiger partial charge in [0.2, 0.25) is 0 Å². The molecule has 0 radical (unpaired) electrons. The second-order valence-electron chi connectivity index (χ2n) is 5.18. The second-order valence-corrected chi connectivity index (χ2v) is 5.18. The molecule has 0 spiro atoms. The molecule has 6 heteroatoms. The van der Waals surface area contributed by atoms with Gasteiger partial charge in [-0.25, -0.2) is 0 Å². The van der Waals surface area contributed by atoms with Gasteiger partial charge in [0.15, 0.2) is 5.75 Å². The van der Waals surface area contributed by atoms with Gasteiger partial charge in [-0.2, -0.15) is 0 Å². The zero-order chi connectivity index (χ0) is 15.1. The normalized spacial score (nSPS) is 17.9. The molecular weight excluding hydrogens is 272 g/mol. The van der Waals surface area contributed by atoms with Crippen LogP contribution >= 0.6 is 0 Å². The van der Waals surface area contributed by atoms with Crippen LogP contribution in [0.2, 0.25) is 0 Å². The molecule has 1 atom stereocenters. The summed E-state index contributed by atoms with van der Waals surface area (Å²) in [6.45, 7) is 4.81. The van der Waals surface area contributed by atoms with Gasteiger partial charge in [0.1, 0.15) is 6.61 Å². The standard InChI is InChI=1S/C15H22N2O4/c1-2-7-16-10-12-5-6-14(17(18)19)15(9-12)21-11-13-4-3-8-20-13/h5-6,9,13,16H,2-4,7-8,10-11H2,1H3. The van der Waals surface area contributed by atoms with Crippen molar-refractivity contribution in [3.63, 3.8) is 0 Å². The van der Waals surface area contributed by atoms with Gasteiger partial charge >= 0.3 is 5.69 Å². The lowest BCUT2D eigenvalue weighted by atomic mass is 10.2. The molecule has 1 aromatic rings. The van der Waals surface area contributed by atoms with Crippen LogP contribution in [-0.2, 0) is 11.3 Å². The van der Waals surface area contributed by atoms with Crippen molar-refractivity contribution in [3.8, 4) is 5.75 Å². The number of rotatable bonds is 8. The maximum Gasteiger partial charge on any atom is 0.310 e. The molecular formula is C15H22N2O4. The number of hydrogen-bond acceptors (Lipinski definition) is 5. The quantitative estimate of drug-likeness (QED) is 0.453. The monoisotopic (exact) mass is 294 g/mol. The number of hydrogen-bond donors (Lipinski definition) is 1. The van der Waals surface area contributed by atoms with Gasteiger partial charge in [0, 0.05) is 19.2 Å². The van der Waals surface area contributed by atoms with Crippen LogP contribution in [0.5, 0.6) is 5.75 Å². The van der Waals surface area contributed by atoms with Gasteiger partial charge in [-0.3, -0.25) is 10.1 Å². The van der Waals surface area contributed by atoms with Crippen molar-refractivity contribution in [1.82, 2.24) is 5.32 Å². The third-order valence-corrected chi connectivity index (χ3v) is 3.43. The lowest BCUT2D eigenvalue weighted by Gasteiger charge is -2.12. The predicted molar refractivity (Wildman–Crippen MR) is 79.6 cm³/mol. The van der Waals surface area contributed by atoms with Gasteiger partial charge in [0.25, 0.3) is 0 Å². The van der Waals surface area contributed by atoms with E-state index in [1.54, 1.807) is 12.1 Å². The topological polar surface area (TPSA) is 73.6 Å². The Morgan fingerprint density at radius 1 is 1.52 bits per heavy atom. The van der Waals surface area contributed by atoms with Crippen LogP contribution in [-0.4, -0.2) is 30.8 Å². The van der Waals surface area contributed by atoms with Crippen LogP contribution in [0.4, 0.5) is 5.69 Å². The van der Waals surface area contributed by atoms with E-state index in [4.69, 9.17) is 9.47 Å². The van der Waals surface area contributed by atoms with Crippen molar-refractivity contribution < 1.29 is 14.4 Å². The number of ether oxygens (including phenoxy) is 2. The zero-order valence-corrected chi connectivity index (χ0v) is 12.3. The minimum atomic E-state index is -0.409. The molecule has 1 fully saturated rings. The summed E-state index contributed by atoms with van der Waals surface area (Å²) < 4.78 is 11.1. The van der Waals surface area contributed by atoms with Crippen molar-refractivity contribution in [1.29, 1.82) is 0 Å². The third kappa shape index (κ3) is 4.68. The van der Waals surface area contributed by atoms with E-state index in [1.165, 1.54) is 6.07 Å². The van der Waals surface area contributed by atoms with Crippen molar-refractivity contribution >= 4 is 5.69 Å². The lowest BCUT2D eigenvalue weighted by molar-refractivity contribution is -0.385. The molecule has 1 N–H and O–H groups in total. The highest BCUT2D eigenvalue weighted by Gasteiger charge is 2.20. The van der Waals surface area contributed by atoms with Crippen molar-refractivity contribution in [3.05, 3.63) is 33.9 Å². The summed E-state index contributed by atoms with van der Waals surface area (Å²) in [6.07, 6.45) is 3.07. The van der Waals surface area contributed by atoms with E-state index in [-0.39, 0.29) is 11.8 Å². The Morgan fingerprint density at radius 3 is 3.05 bits per heavy atom. The molecule has 0 aromatic heterocycles. The molecule has 6 nitrogen and oxygen atoms in total. The van der Waals surface area contributed by atoms with Gasteiger partial charge in [-0.1, -0.05) is 13.0 Å². The molecule has 1 aromatic carbocycles. The van der Waals surface area contributed by atoms with Crippen LogP contribution in [0.25, 0.3) is 0 Å². The lowest BCUT2D eigenvalue weighted by Crippen LogP contribution is -2.17. The number of nitro groups is 1. The molecule has 116 valence electrons. The fraction of sp³-hybridized carbons (Fsp3) is 0.600. The predicted octanol–water partition coefficient (Wildman–Crippen LogP) is 2.65. The minimum Gasteiger partial charge on any atom is -0.484 e. The zero-order valence-electron chi connectivity index (χ0n) is 12.3. The summed E-state index contributed by atoms with van der Waals surface area (Å²) in [5, 5.41) is 14.3. The molecule has 1 saturated heterocycles. The molecule has 0 aliphatic carbocycles. The molecule has 1 heterocycles. The first-order valence-corrected chi connectivity index (χ1v) is 7.43. The highest BCUT2D eigenvalue weighted by Crippen LogP contribution is 2.28. The molecule has 0 saturated carbocycles. The van der Waals surface area contributed by atoms with E-state index in [0.29, 0.717) is 18.9 Å². The summed E-state index contributed by atoms with van der Waals surface area (Å²) in [6, 6.07) is 5.02. The summed E-state index contributed by atoms with van der Waals surface area (Å²) >= 11 is 0. The average Bonchev–Trinajstić information content (AvgIpc) is 2.98. The number of nitrogens with zero attached hydrogens (tertiary/aromatic N) is 1. The van der Waals surface area contributed by atoms with E-state index in [1.807, 2.05) is 0 Å². The fourth-order valence-electron chi connectivity index (χ4n) is 2.30. The summed E-state index contributed by atoms with van der Waals surface area (Å²) in [7, 11) is 0. The Hall–Kier alpha value is -1.66. The van der Waals surface area contributed by atoms with E-state index in [0.717, 1.165) is 38.0 Å². The first-order valence-electron chi connectivity index (χ1n) is 7.43. The largest absolute Gasteiger partial charge is 0.484 e. The Balaban J connectivity index is 2.02. The summed E-state index contributed by atoms with van der Waals surface area (Å²) in [5.74, 6) is 0.325. The van der Waals surface area contributed by atoms with Gasteiger partial charge in [-0.15, -0.1) is 0 Å². The first-order chi connectivity index (χ1) is 10.2. The van der Waals surface area contributed by atoms with E-state index >= 15 is 0 Å². The first kappa shape index (κ1) is 15.7. The van der Waals surface area contributed by atoms with Gasteiger partial charge in [0.05, 0.1) is 11.0 Å². The Bertz CT molecular complexity index is 473. The average molecular weight is 294 g/mol. The maximum absolute atomic E-state index is 11.1. The molecule has 1 aliphatic rings. The Labute approximate surface area is 124 Å². The molecule has 2 rings (SSSR count). The summed E-state index contributed by atoms with van der Waals surface area (Å²) in [4.78, 5) is 10.7. The molecule has 1 unspecified atom stereocenters. The second kappa shape index (κ2) is 7.95. The maximum atomic E-state index is 11.1. The highest BCUT2D eigenvalue weighted by atomic mass is 16.6. The van der Waals surface area contributed by atoms with Crippen molar-refractivity contribution in [2.24, 2.45) is 0 Å². The van der Waals surface area contributed by atoms with E-state index in [2.05, 4.69) is 12.2 Å². The summed E-state index contributed by atoms with van der Waals surface area (Å²) in [5.41, 5.74) is 0.989. The Kier molecular flexibility index (Phi) is 5.95. The van der Waals surface area contributed by atoms with Crippen LogP contribution in [0, 0.1) is 10.1 Å².